The van der Waals surface area contributed by atoms with Gasteiger partial charge in [0.15, 0.2) is 5.82 Å². The van der Waals surface area contributed by atoms with Gasteiger partial charge in [-0.1, -0.05) is 23.1 Å². The molecule has 0 aliphatic rings. The van der Waals surface area contributed by atoms with Crippen molar-refractivity contribution >= 4 is 5.91 Å². The van der Waals surface area contributed by atoms with Gasteiger partial charge in [-0.2, -0.15) is 5.21 Å². The molecule has 108 valence electrons. The van der Waals surface area contributed by atoms with Crippen molar-refractivity contribution < 1.29 is 4.79 Å². The fraction of sp³-hybridized carbons (Fsp3) is 0.286. The average molecular weight is 284 g/mol. The fourth-order valence-electron chi connectivity index (χ4n) is 1.74. The Morgan fingerprint density at radius 3 is 3.00 bits per heavy atom. The lowest BCUT2D eigenvalue weighted by atomic mass is 10.0. The normalized spacial score (nSPS) is 11.4. The van der Waals surface area contributed by atoms with E-state index in [0.717, 1.165) is 11.1 Å². The highest BCUT2D eigenvalue weighted by Gasteiger charge is 2.15. The second-order valence-corrected chi connectivity index (χ2v) is 4.50. The van der Waals surface area contributed by atoms with E-state index in [2.05, 4.69) is 37.8 Å². The van der Waals surface area contributed by atoms with E-state index in [0.29, 0.717) is 11.4 Å². The summed E-state index contributed by atoms with van der Waals surface area (Å²) in [6, 6.07) is 5.02. The molecule has 0 fully saturated rings. The van der Waals surface area contributed by atoms with Gasteiger partial charge in [-0.15, -0.1) is 10.2 Å². The predicted molar refractivity (Wildman–Crippen MR) is 77.2 cm³/mol. The Bertz CT molecular complexity index is 683. The zero-order chi connectivity index (χ0) is 15.2. The quantitative estimate of drug-likeness (QED) is 0.703. The van der Waals surface area contributed by atoms with Crippen LogP contribution in [0, 0.1) is 18.8 Å². The van der Waals surface area contributed by atoms with Crippen molar-refractivity contribution in [3.8, 4) is 11.8 Å². The van der Waals surface area contributed by atoms with Gasteiger partial charge in [-0.3, -0.25) is 4.79 Å². The van der Waals surface area contributed by atoms with E-state index in [1.807, 2.05) is 13.0 Å². The number of nitrogens with two attached hydrogens (primary N) is 1. The molecular formula is C14H16N6O. The second kappa shape index (κ2) is 6.63. The summed E-state index contributed by atoms with van der Waals surface area (Å²) in [4.78, 5) is 12.2. The summed E-state index contributed by atoms with van der Waals surface area (Å²) in [7, 11) is 0. The molecule has 0 spiro atoms. The maximum Gasteiger partial charge on any atom is 0.251 e. The number of nitrogens with one attached hydrogen (secondary N) is 2. The summed E-state index contributed by atoms with van der Waals surface area (Å²) >= 11 is 0. The van der Waals surface area contributed by atoms with Crippen LogP contribution in [0.3, 0.4) is 0 Å². The number of nitrogens with zero attached hydrogens (tertiary/aromatic N) is 3. The van der Waals surface area contributed by atoms with E-state index in [4.69, 9.17) is 5.73 Å². The van der Waals surface area contributed by atoms with Crippen molar-refractivity contribution in [1.82, 2.24) is 25.9 Å². The molecule has 1 unspecified atom stereocenters. The lowest BCUT2D eigenvalue weighted by Gasteiger charge is -2.10. The van der Waals surface area contributed by atoms with Crippen molar-refractivity contribution in [2.75, 3.05) is 6.54 Å². The first-order chi connectivity index (χ1) is 10.1. The van der Waals surface area contributed by atoms with Crippen LogP contribution >= 0.6 is 0 Å². The van der Waals surface area contributed by atoms with Crippen LogP contribution in [0.1, 0.15) is 40.3 Å². The maximum atomic E-state index is 12.2. The van der Waals surface area contributed by atoms with Gasteiger partial charge in [-0.25, -0.2) is 0 Å². The number of hydrogen-bond acceptors (Lipinski definition) is 5. The minimum absolute atomic E-state index is 0.219. The molecule has 0 radical (unpaired) electrons. The number of tetrazole rings is 1. The van der Waals surface area contributed by atoms with Crippen LogP contribution in [0.25, 0.3) is 0 Å². The molecule has 1 amide bonds. The molecule has 2 rings (SSSR count). The van der Waals surface area contributed by atoms with Crippen LogP contribution in [0.15, 0.2) is 18.2 Å². The van der Waals surface area contributed by atoms with Gasteiger partial charge in [0, 0.05) is 11.1 Å². The van der Waals surface area contributed by atoms with Gasteiger partial charge >= 0.3 is 0 Å². The number of carbonyl (C=O) groups is 1. The molecule has 1 heterocycles. The Labute approximate surface area is 122 Å². The number of H-pyrrole nitrogens is 1. The summed E-state index contributed by atoms with van der Waals surface area (Å²) in [5, 5.41) is 16.3. The molecule has 1 aromatic carbocycles. The van der Waals surface area contributed by atoms with Crippen molar-refractivity contribution in [2.24, 2.45) is 5.73 Å². The molecule has 0 bridgehead atoms. The SMILES string of the molecule is Cc1ccc(C(=O)NC(C)c2nn[nH]n2)cc1C#CCN. The predicted octanol–water partition coefficient (Wildman–Crippen LogP) is 0.309. The Hall–Kier alpha value is -2.72. The third-order valence-corrected chi connectivity index (χ3v) is 2.92. The summed E-state index contributed by atoms with van der Waals surface area (Å²) in [5.41, 5.74) is 7.68. The molecule has 21 heavy (non-hydrogen) atoms. The number of carbonyl (C=O) groups excluding carboxylic acids is 1. The van der Waals surface area contributed by atoms with Crippen LogP contribution in [-0.4, -0.2) is 33.1 Å². The highest BCUT2D eigenvalue weighted by atomic mass is 16.1. The molecule has 0 aliphatic heterocycles. The lowest BCUT2D eigenvalue weighted by Crippen LogP contribution is -2.27. The van der Waals surface area contributed by atoms with Crippen LogP contribution in [0.4, 0.5) is 0 Å². The number of rotatable bonds is 3. The number of aryl methyl sites for hydroxylation is 1. The van der Waals surface area contributed by atoms with Crippen LogP contribution in [0.2, 0.25) is 0 Å². The molecule has 1 aromatic heterocycles. The molecule has 0 saturated heterocycles. The second-order valence-electron chi connectivity index (χ2n) is 4.50. The summed E-state index contributed by atoms with van der Waals surface area (Å²) in [6.07, 6.45) is 0. The number of benzene rings is 1. The third kappa shape index (κ3) is 3.64. The number of aromatic nitrogens is 4. The van der Waals surface area contributed by atoms with E-state index in [-0.39, 0.29) is 18.5 Å². The van der Waals surface area contributed by atoms with Crippen molar-refractivity contribution in [2.45, 2.75) is 19.9 Å². The largest absolute Gasteiger partial charge is 0.342 e. The van der Waals surface area contributed by atoms with Crippen molar-refractivity contribution in [3.63, 3.8) is 0 Å². The van der Waals surface area contributed by atoms with Crippen LogP contribution in [-0.2, 0) is 0 Å². The van der Waals surface area contributed by atoms with E-state index in [1.165, 1.54) is 0 Å². The first-order valence-electron chi connectivity index (χ1n) is 6.45. The first-order valence-corrected chi connectivity index (χ1v) is 6.45. The highest BCUT2D eigenvalue weighted by Crippen LogP contribution is 2.12. The van der Waals surface area contributed by atoms with Gasteiger partial charge < -0.3 is 11.1 Å². The number of amides is 1. The molecule has 7 heteroatoms. The van der Waals surface area contributed by atoms with E-state index >= 15 is 0 Å². The summed E-state index contributed by atoms with van der Waals surface area (Å²) < 4.78 is 0. The monoisotopic (exact) mass is 284 g/mol. The lowest BCUT2D eigenvalue weighted by molar-refractivity contribution is 0.0938. The smallest absolute Gasteiger partial charge is 0.251 e. The standard InChI is InChI=1S/C14H16N6O/c1-9-5-6-12(8-11(9)4-3-7-15)14(21)16-10(2)13-17-19-20-18-13/h5-6,8,10H,7,15H2,1-2H3,(H,16,21)(H,17,18,19,20). The molecule has 0 aliphatic carbocycles. The Morgan fingerprint density at radius 1 is 1.52 bits per heavy atom. The summed E-state index contributed by atoms with van der Waals surface area (Å²) in [6.45, 7) is 4.00. The molecule has 2 aromatic rings. The Balaban J connectivity index is 2.16. The van der Waals surface area contributed by atoms with Gasteiger partial charge in [0.25, 0.3) is 5.91 Å². The van der Waals surface area contributed by atoms with Crippen molar-refractivity contribution in [3.05, 3.63) is 40.7 Å². The Morgan fingerprint density at radius 2 is 2.33 bits per heavy atom. The zero-order valence-electron chi connectivity index (χ0n) is 11.8. The third-order valence-electron chi connectivity index (χ3n) is 2.92. The van der Waals surface area contributed by atoms with E-state index in [1.54, 1.807) is 19.1 Å². The zero-order valence-corrected chi connectivity index (χ0v) is 11.8. The topological polar surface area (TPSA) is 110 Å². The van der Waals surface area contributed by atoms with E-state index in [9.17, 15) is 4.79 Å². The minimum Gasteiger partial charge on any atom is -0.342 e. The molecule has 1 atom stereocenters. The molecular weight excluding hydrogens is 268 g/mol. The minimum atomic E-state index is -0.337. The summed E-state index contributed by atoms with van der Waals surface area (Å²) in [5.74, 6) is 5.95. The van der Waals surface area contributed by atoms with Gasteiger partial charge in [0.2, 0.25) is 0 Å². The number of hydrogen-bond donors (Lipinski definition) is 3. The fourth-order valence-corrected chi connectivity index (χ4v) is 1.74. The average Bonchev–Trinajstić information content (AvgIpc) is 3.00. The first kappa shape index (κ1) is 14.7. The van der Waals surface area contributed by atoms with Gasteiger partial charge in [-0.05, 0) is 31.5 Å². The highest BCUT2D eigenvalue weighted by molar-refractivity contribution is 5.94. The molecule has 4 N–H and O–H groups in total. The van der Waals surface area contributed by atoms with Crippen LogP contribution in [0.5, 0.6) is 0 Å². The Kier molecular flexibility index (Phi) is 4.64. The van der Waals surface area contributed by atoms with Crippen molar-refractivity contribution in [1.29, 1.82) is 0 Å². The van der Waals surface area contributed by atoms with Gasteiger partial charge in [0.1, 0.15) is 0 Å². The molecule has 0 saturated carbocycles. The van der Waals surface area contributed by atoms with Gasteiger partial charge in [0.05, 0.1) is 12.6 Å². The van der Waals surface area contributed by atoms with E-state index < -0.39 is 0 Å². The molecule has 7 nitrogen and oxygen atoms in total. The van der Waals surface area contributed by atoms with Crippen LogP contribution < -0.4 is 11.1 Å². The maximum absolute atomic E-state index is 12.2. The number of aromatic amines is 1.